The van der Waals surface area contributed by atoms with E-state index < -0.39 is 22.9 Å². The van der Waals surface area contributed by atoms with Gasteiger partial charge < -0.3 is 14.7 Å². The highest BCUT2D eigenvalue weighted by atomic mass is 79.9. The SMILES string of the molecule is C[C@H](O)[C@H]1C(=O)N2C(C(=O)OCc3ccc([N+](=O)[O-])cc3)=C(SCc3ccc(Br)cc3)C[C@H]12. The van der Waals surface area contributed by atoms with E-state index in [4.69, 9.17) is 4.74 Å². The van der Waals surface area contributed by atoms with E-state index in [2.05, 4.69) is 15.9 Å². The zero-order valence-electron chi connectivity index (χ0n) is 17.6. The van der Waals surface area contributed by atoms with Crippen molar-refractivity contribution in [1.82, 2.24) is 4.90 Å². The number of hydrogen-bond acceptors (Lipinski definition) is 7. The summed E-state index contributed by atoms with van der Waals surface area (Å²) in [6.07, 6.45) is -0.309. The first-order valence-electron chi connectivity index (χ1n) is 10.3. The van der Waals surface area contributed by atoms with Crippen LogP contribution in [0.5, 0.6) is 0 Å². The highest BCUT2D eigenvalue weighted by Gasteiger charge is 2.57. The van der Waals surface area contributed by atoms with Gasteiger partial charge in [0, 0.05) is 33.7 Å². The predicted molar refractivity (Wildman–Crippen MR) is 126 cm³/mol. The van der Waals surface area contributed by atoms with Crippen LogP contribution in [0.25, 0.3) is 0 Å². The zero-order chi connectivity index (χ0) is 23.7. The van der Waals surface area contributed by atoms with E-state index in [-0.39, 0.29) is 29.9 Å². The second-order valence-electron chi connectivity index (χ2n) is 7.93. The van der Waals surface area contributed by atoms with E-state index in [9.17, 15) is 24.8 Å². The molecule has 172 valence electrons. The smallest absolute Gasteiger partial charge is 0.356 e. The molecular formula is C23H21BrN2O6S. The number of nitro benzene ring substituents is 1. The number of aliphatic hydroxyl groups is 1. The van der Waals surface area contributed by atoms with Gasteiger partial charge in [0.15, 0.2) is 0 Å². The molecule has 10 heteroatoms. The second kappa shape index (κ2) is 9.66. The lowest BCUT2D eigenvalue weighted by atomic mass is 9.83. The van der Waals surface area contributed by atoms with Crippen LogP contribution in [0.2, 0.25) is 0 Å². The Kier molecular flexibility index (Phi) is 6.87. The van der Waals surface area contributed by atoms with Gasteiger partial charge in [0.25, 0.3) is 5.69 Å². The lowest BCUT2D eigenvalue weighted by Crippen LogP contribution is -2.61. The Hall–Kier alpha value is -2.69. The number of fused-ring (bicyclic) bond motifs is 1. The normalized spacial score (nSPS) is 20.3. The Morgan fingerprint density at radius 2 is 1.88 bits per heavy atom. The summed E-state index contributed by atoms with van der Waals surface area (Å²) in [6.45, 7) is 1.51. The summed E-state index contributed by atoms with van der Waals surface area (Å²) in [5.74, 6) is -0.813. The van der Waals surface area contributed by atoms with Crippen LogP contribution in [-0.2, 0) is 26.7 Å². The number of ether oxygens (including phenoxy) is 1. The van der Waals surface area contributed by atoms with Crippen molar-refractivity contribution in [3.8, 4) is 0 Å². The molecule has 0 spiro atoms. The van der Waals surface area contributed by atoms with Gasteiger partial charge in [-0.15, -0.1) is 11.8 Å². The molecule has 2 aromatic rings. The average Bonchev–Trinajstić information content (AvgIpc) is 3.11. The molecule has 33 heavy (non-hydrogen) atoms. The number of halogens is 1. The molecule has 2 aliphatic heterocycles. The summed E-state index contributed by atoms with van der Waals surface area (Å²) in [5, 5.41) is 20.8. The molecule has 1 N–H and O–H groups in total. The number of rotatable bonds is 8. The quantitative estimate of drug-likeness (QED) is 0.235. The van der Waals surface area contributed by atoms with Crippen molar-refractivity contribution in [2.45, 2.75) is 37.9 Å². The van der Waals surface area contributed by atoms with E-state index in [0.29, 0.717) is 17.7 Å². The molecule has 1 fully saturated rings. The van der Waals surface area contributed by atoms with Crippen LogP contribution in [-0.4, -0.2) is 39.0 Å². The maximum Gasteiger partial charge on any atom is 0.356 e. The fourth-order valence-electron chi connectivity index (χ4n) is 4.03. The summed E-state index contributed by atoms with van der Waals surface area (Å²) in [7, 11) is 0. The number of esters is 1. The molecule has 0 aromatic heterocycles. The summed E-state index contributed by atoms with van der Waals surface area (Å²) in [6, 6.07) is 13.3. The Morgan fingerprint density at radius 3 is 2.48 bits per heavy atom. The van der Waals surface area contributed by atoms with Gasteiger partial charge in [0.2, 0.25) is 5.91 Å². The minimum atomic E-state index is -0.799. The molecule has 1 amide bonds. The second-order valence-corrected chi connectivity index (χ2v) is 9.92. The molecule has 0 saturated carbocycles. The summed E-state index contributed by atoms with van der Waals surface area (Å²) in [5.41, 5.74) is 1.85. The van der Waals surface area contributed by atoms with Crippen LogP contribution in [0.15, 0.2) is 63.6 Å². The van der Waals surface area contributed by atoms with Crippen molar-refractivity contribution in [3.63, 3.8) is 0 Å². The number of non-ortho nitro benzene ring substituents is 1. The van der Waals surface area contributed by atoms with Crippen molar-refractivity contribution in [1.29, 1.82) is 0 Å². The molecule has 2 aliphatic rings. The fraction of sp³-hybridized carbons (Fsp3) is 0.304. The number of carbonyl (C=O) groups excluding carboxylic acids is 2. The number of aliphatic hydroxyl groups excluding tert-OH is 1. The molecule has 0 radical (unpaired) electrons. The minimum absolute atomic E-state index is 0.0478. The largest absolute Gasteiger partial charge is 0.456 e. The number of benzene rings is 2. The molecule has 2 aromatic carbocycles. The predicted octanol–water partition coefficient (Wildman–Crippen LogP) is 4.16. The van der Waals surface area contributed by atoms with Crippen molar-refractivity contribution in [2.75, 3.05) is 0 Å². The highest BCUT2D eigenvalue weighted by Crippen LogP contribution is 2.48. The molecule has 2 heterocycles. The average molecular weight is 533 g/mol. The van der Waals surface area contributed by atoms with Gasteiger partial charge in [-0.1, -0.05) is 28.1 Å². The van der Waals surface area contributed by atoms with E-state index >= 15 is 0 Å². The van der Waals surface area contributed by atoms with Gasteiger partial charge in [-0.25, -0.2) is 4.79 Å². The van der Waals surface area contributed by atoms with E-state index in [1.165, 1.54) is 40.9 Å². The van der Waals surface area contributed by atoms with Crippen LogP contribution in [0, 0.1) is 16.0 Å². The van der Waals surface area contributed by atoms with Gasteiger partial charge >= 0.3 is 5.97 Å². The van der Waals surface area contributed by atoms with Gasteiger partial charge in [-0.2, -0.15) is 0 Å². The number of nitro groups is 1. The van der Waals surface area contributed by atoms with Crippen LogP contribution >= 0.6 is 27.7 Å². The van der Waals surface area contributed by atoms with E-state index in [1.807, 2.05) is 24.3 Å². The van der Waals surface area contributed by atoms with Crippen LogP contribution < -0.4 is 0 Å². The first kappa shape index (κ1) is 23.5. The third-order valence-electron chi connectivity index (χ3n) is 5.72. The zero-order valence-corrected chi connectivity index (χ0v) is 20.0. The van der Waals surface area contributed by atoms with Crippen LogP contribution in [0.4, 0.5) is 5.69 Å². The van der Waals surface area contributed by atoms with E-state index in [0.717, 1.165) is 14.9 Å². The van der Waals surface area contributed by atoms with Crippen molar-refractivity contribution >= 4 is 45.3 Å². The maximum atomic E-state index is 13.0. The molecule has 3 atom stereocenters. The van der Waals surface area contributed by atoms with Gasteiger partial charge in [0.05, 0.1) is 23.0 Å². The minimum Gasteiger partial charge on any atom is -0.456 e. The first-order valence-corrected chi connectivity index (χ1v) is 12.1. The summed E-state index contributed by atoms with van der Waals surface area (Å²) < 4.78 is 6.44. The Bertz CT molecular complexity index is 1120. The third-order valence-corrected chi connectivity index (χ3v) is 7.44. The number of amides is 1. The van der Waals surface area contributed by atoms with Gasteiger partial charge in [0.1, 0.15) is 12.3 Å². The molecule has 1 saturated heterocycles. The van der Waals surface area contributed by atoms with Crippen molar-refractivity contribution < 1.29 is 24.4 Å². The third kappa shape index (κ3) is 4.83. The summed E-state index contributed by atoms with van der Waals surface area (Å²) in [4.78, 5) is 38.2. The molecule has 0 aliphatic carbocycles. The van der Waals surface area contributed by atoms with Crippen molar-refractivity contribution in [3.05, 3.63) is 84.8 Å². The Labute approximate surface area is 202 Å². The summed E-state index contributed by atoms with van der Waals surface area (Å²) >= 11 is 4.89. The first-order chi connectivity index (χ1) is 15.8. The Morgan fingerprint density at radius 1 is 1.24 bits per heavy atom. The maximum absolute atomic E-state index is 13.0. The number of thioether (sulfide) groups is 1. The number of β-lactam (4-membered cyclic amide) rings is 1. The number of nitrogens with zero attached hydrogens (tertiary/aromatic N) is 2. The number of carbonyl (C=O) groups is 2. The molecule has 0 unspecified atom stereocenters. The molecule has 8 nitrogen and oxygen atoms in total. The standard InChI is InChI=1S/C23H21BrN2O6S/c1-13(27)20-18-10-19(33-12-15-2-6-16(24)7-3-15)21(25(18)22(20)28)23(29)32-11-14-4-8-17(9-5-14)26(30)31/h2-9,13,18,20,27H,10-12H2,1H3/t13-,18+,20+/m0/s1. The molecule has 0 bridgehead atoms. The fourth-order valence-corrected chi connectivity index (χ4v) is 5.44. The van der Waals surface area contributed by atoms with Gasteiger partial charge in [-0.05, 0) is 42.3 Å². The van der Waals surface area contributed by atoms with Crippen LogP contribution in [0.3, 0.4) is 0 Å². The van der Waals surface area contributed by atoms with Crippen LogP contribution in [0.1, 0.15) is 24.5 Å². The number of hydrogen-bond donors (Lipinski definition) is 1. The van der Waals surface area contributed by atoms with E-state index in [1.54, 1.807) is 6.92 Å². The van der Waals surface area contributed by atoms with Crippen molar-refractivity contribution in [2.24, 2.45) is 5.92 Å². The molecular weight excluding hydrogens is 512 g/mol. The van der Waals surface area contributed by atoms with Gasteiger partial charge in [-0.3, -0.25) is 14.9 Å². The highest BCUT2D eigenvalue weighted by molar-refractivity contribution is 9.10. The lowest BCUT2D eigenvalue weighted by molar-refractivity contribution is -0.384. The topological polar surface area (TPSA) is 110 Å². The Balaban J connectivity index is 1.50. The lowest BCUT2D eigenvalue weighted by Gasteiger charge is -2.44. The molecule has 4 rings (SSSR count). The monoisotopic (exact) mass is 532 g/mol.